The quantitative estimate of drug-likeness (QED) is 0.926. The van der Waals surface area contributed by atoms with E-state index in [1.165, 1.54) is 16.8 Å². The minimum absolute atomic E-state index is 0.218. The maximum absolute atomic E-state index is 12.5. The highest BCUT2D eigenvalue weighted by molar-refractivity contribution is 5.93. The fourth-order valence-electron chi connectivity index (χ4n) is 2.76. The van der Waals surface area contributed by atoms with Crippen molar-refractivity contribution in [2.45, 2.75) is 38.8 Å². The molecule has 0 aromatic carbocycles. The third kappa shape index (κ3) is 3.40. The highest BCUT2D eigenvalue weighted by Crippen LogP contribution is 2.25. The van der Waals surface area contributed by atoms with E-state index < -0.39 is 24.9 Å². The molecule has 1 N–H and O–H groups in total. The number of aromatic nitrogens is 1. The van der Waals surface area contributed by atoms with Crippen molar-refractivity contribution in [2.75, 3.05) is 6.54 Å². The summed E-state index contributed by atoms with van der Waals surface area (Å²) in [5, 5.41) is 9.02. The zero-order valence-corrected chi connectivity index (χ0v) is 11.7. The smallest absolute Gasteiger partial charge is 0.306 e. The van der Waals surface area contributed by atoms with Crippen molar-refractivity contribution >= 4 is 11.9 Å². The van der Waals surface area contributed by atoms with E-state index in [1.54, 1.807) is 17.9 Å². The van der Waals surface area contributed by atoms with Crippen LogP contribution in [0.1, 0.15) is 30.3 Å². The van der Waals surface area contributed by atoms with Gasteiger partial charge in [-0.05, 0) is 31.9 Å². The van der Waals surface area contributed by atoms with Crippen LogP contribution in [0.4, 0.5) is 8.78 Å². The van der Waals surface area contributed by atoms with Gasteiger partial charge in [0.2, 0.25) is 0 Å². The van der Waals surface area contributed by atoms with Crippen LogP contribution >= 0.6 is 0 Å². The van der Waals surface area contributed by atoms with Crippen LogP contribution in [0.5, 0.6) is 0 Å². The van der Waals surface area contributed by atoms with Crippen molar-refractivity contribution in [2.24, 2.45) is 5.92 Å². The van der Waals surface area contributed by atoms with Gasteiger partial charge in [0.05, 0.1) is 12.5 Å². The molecule has 0 radical (unpaired) electrons. The number of alkyl halides is 2. The minimum Gasteiger partial charge on any atom is -0.481 e. The van der Waals surface area contributed by atoms with Gasteiger partial charge in [-0.3, -0.25) is 9.59 Å². The normalized spacial score (nSPS) is 22.6. The zero-order chi connectivity index (χ0) is 15.6. The van der Waals surface area contributed by atoms with E-state index in [1.807, 2.05) is 0 Å². The molecule has 1 aromatic heterocycles. The van der Waals surface area contributed by atoms with Crippen LogP contribution in [0.3, 0.4) is 0 Å². The average Bonchev–Trinajstić information content (AvgIpc) is 2.85. The van der Waals surface area contributed by atoms with Gasteiger partial charge in [-0.1, -0.05) is 0 Å². The predicted octanol–water partition coefficient (Wildman–Crippen LogP) is 2.08. The lowest BCUT2D eigenvalue weighted by molar-refractivity contribution is -0.143. The molecular weight excluding hydrogens is 282 g/mol. The molecule has 1 aliphatic rings. The Labute approximate surface area is 121 Å². The standard InChI is InChI=1S/C14H18F2N2O3/c1-9-7-10(14(20)21)4-6-18(9)13(19)11-3-2-5-17(11)8-12(15)16/h2-3,5,9-10,12H,4,6-8H2,1H3,(H,20,21). The van der Waals surface area contributed by atoms with E-state index in [0.29, 0.717) is 19.4 Å². The summed E-state index contributed by atoms with van der Waals surface area (Å²) >= 11 is 0. The summed E-state index contributed by atoms with van der Waals surface area (Å²) in [7, 11) is 0. The summed E-state index contributed by atoms with van der Waals surface area (Å²) in [4.78, 5) is 25.0. The lowest BCUT2D eigenvalue weighted by Gasteiger charge is -2.36. The molecule has 0 aliphatic carbocycles. The Balaban J connectivity index is 2.10. The number of rotatable bonds is 4. The molecule has 2 rings (SSSR count). The number of halogens is 2. The highest BCUT2D eigenvalue weighted by Gasteiger charge is 2.33. The van der Waals surface area contributed by atoms with Crippen molar-refractivity contribution in [3.05, 3.63) is 24.0 Å². The second-order valence-corrected chi connectivity index (χ2v) is 5.34. The first-order valence-electron chi connectivity index (χ1n) is 6.87. The van der Waals surface area contributed by atoms with Crippen LogP contribution in [0.25, 0.3) is 0 Å². The molecular formula is C14H18F2N2O3. The molecule has 0 bridgehead atoms. The Kier molecular flexibility index (Phi) is 4.59. The monoisotopic (exact) mass is 300 g/mol. The summed E-state index contributed by atoms with van der Waals surface area (Å²) in [6.07, 6.45) is -0.301. The third-order valence-corrected chi connectivity index (χ3v) is 3.87. The number of hydrogen-bond acceptors (Lipinski definition) is 2. The molecule has 116 valence electrons. The number of piperidine rings is 1. The Bertz CT molecular complexity index is 530. The van der Waals surface area contributed by atoms with E-state index in [-0.39, 0.29) is 17.6 Å². The van der Waals surface area contributed by atoms with Gasteiger partial charge >= 0.3 is 5.97 Å². The van der Waals surface area contributed by atoms with Crippen molar-refractivity contribution in [3.8, 4) is 0 Å². The van der Waals surface area contributed by atoms with Crippen LogP contribution < -0.4 is 0 Å². The maximum atomic E-state index is 12.5. The molecule has 1 aliphatic heterocycles. The second-order valence-electron chi connectivity index (χ2n) is 5.34. The first-order chi connectivity index (χ1) is 9.90. The Morgan fingerprint density at radius 2 is 2.19 bits per heavy atom. The lowest BCUT2D eigenvalue weighted by Crippen LogP contribution is -2.46. The number of carbonyl (C=O) groups is 2. The van der Waals surface area contributed by atoms with Gasteiger partial charge in [0, 0.05) is 18.8 Å². The van der Waals surface area contributed by atoms with E-state index >= 15 is 0 Å². The number of carbonyl (C=O) groups excluding carboxylic acids is 1. The van der Waals surface area contributed by atoms with Crippen LogP contribution in [0.2, 0.25) is 0 Å². The predicted molar refractivity (Wildman–Crippen MR) is 71.3 cm³/mol. The molecule has 21 heavy (non-hydrogen) atoms. The van der Waals surface area contributed by atoms with Crippen LogP contribution in [-0.4, -0.2) is 45.5 Å². The first kappa shape index (κ1) is 15.5. The third-order valence-electron chi connectivity index (χ3n) is 3.87. The van der Waals surface area contributed by atoms with Crippen LogP contribution in [0.15, 0.2) is 18.3 Å². The fourth-order valence-corrected chi connectivity index (χ4v) is 2.76. The number of hydrogen-bond donors (Lipinski definition) is 1. The van der Waals surface area contributed by atoms with Crippen molar-refractivity contribution in [1.82, 2.24) is 9.47 Å². The average molecular weight is 300 g/mol. The van der Waals surface area contributed by atoms with E-state index in [9.17, 15) is 18.4 Å². The van der Waals surface area contributed by atoms with Crippen molar-refractivity contribution in [1.29, 1.82) is 0 Å². The molecule has 2 unspecified atom stereocenters. The number of nitrogens with zero attached hydrogens (tertiary/aromatic N) is 2. The fraction of sp³-hybridized carbons (Fsp3) is 0.571. The van der Waals surface area contributed by atoms with Gasteiger partial charge in [0.25, 0.3) is 12.3 Å². The molecule has 0 spiro atoms. The topological polar surface area (TPSA) is 62.5 Å². The summed E-state index contributed by atoms with van der Waals surface area (Å²) in [6, 6.07) is 2.85. The summed E-state index contributed by atoms with van der Waals surface area (Å²) in [5.74, 6) is -1.62. The first-order valence-corrected chi connectivity index (χ1v) is 6.87. The maximum Gasteiger partial charge on any atom is 0.306 e. The SMILES string of the molecule is CC1CC(C(=O)O)CCN1C(=O)c1cccn1CC(F)F. The number of likely N-dealkylation sites (tertiary alicyclic amines) is 1. The minimum atomic E-state index is -2.53. The number of aliphatic carboxylic acids is 1. The Hall–Kier alpha value is -1.92. The molecule has 5 nitrogen and oxygen atoms in total. The van der Waals surface area contributed by atoms with Crippen molar-refractivity contribution in [3.63, 3.8) is 0 Å². The van der Waals surface area contributed by atoms with Gasteiger partial charge in [0.1, 0.15) is 5.69 Å². The largest absolute Gasteiger partial charge is 0.481 e. The van der Waals surface area contributed by atoms with Gasteiger partial charge in [-0.25, -0.2) is 8.78 Å². The second kappa shape index (κ2) is 6.24. The van der Waals surface area contributed by atoms with Crippen molar-refractivity contribution < 1.29 is 23.5 Å². The van der Waals surface area contributed by atoms with Crippen LogP contribution in [0, 0.1) is 5.92 Å². The van der Waals surface area contributed by atoms with Gasteiger partial charge < -0.3 is 14.6 Å². The van der Waals surface area contributed by atoms with Gasteiger partial charge in [-0.2, -0.15) is 0 Å². The molecule has 1 fully saturated rings. The Morgan fingerprint density at radius 3 is 2.76 bits per heavy atom. The molecule has 1 aromatic rings. The molecule has 2 atom stereocenters. The van der Waals surface area contributed by atoms with Crippen LogP contribution in [-0.2, 0) is 11.3 Å². The molecule has 2 heterocycles. The summed E-state index contributed by atoms with van der Waals surface area (Å²) in [5.41, 5.74) is 0.218. The number of carboxylic acids is 1. The molecule has 7 heteroatoms. The molecule has 1 amide bonds. The van der Waals surface area contributed by atoms with E-state index in [0.717, 1.165) is 0 Å². The molecule has 1 saturated heterocycles. The zero-order valence-electron chi connectivity index (χ0n) is 11.7. The van der Waals surface area contributed by atoms with E-state index in [4.69, 9.17) is 5.11 Å². The summed E-state index contributed by atoms with van der Waals surface area (Å²) < 4.78 is 26.2. The Morgan fingerprint density at radius 1 is 1.48 bits per heavy atom. The highest BCUT2D eigenvalue weighted by atomic mass is 19.3. The number of carboxylic acid groups (broad SMARTS) is 1. The van der Waals surface area contributed by atoms with Gasteiger partial charge in [-0.15, -0.1) is 0 Å². The lowest BCUT2D eigenvalue weighted by atomic mass is 9.91. The molecule has 0 saturated carbocycles. The van der Waals surface area contributed by atoms with Gasteiger partial charge in [0.15, 0.2) is 0 Å². The van der Waals surface area contributed by atoms with E-state index in [2.05, 4.69) is 0 Å². The number of amides is 1. The summed E-state index contributed by atoms with van der Waals surface area (Å²) in [6.45, 7) is 1.60.